The minimum atomic E-state index is -0.311. The van der Waals surface area contributed by atoms with Crippen LogP contribution in [-0.2, 0) is 22.4 Å². The van der Waals surface area contributed by atoms with E-state index >= 15 is 0 Å². The van der Waals surface area contributed by atoms with E-state index < -0.39 is 0 Å². The second kappa shape index (κ2) is 10.1. The van der Waals surface area contributed by atoms with Crippen LogP contribution in [-0.4, -0.2) is 24.9 Å². The fourth-order valence-electron chi connectivity index (χ4n) is 3.81. The molecule has 0 heterocycles. The van der Waals surface area contributed by atoms with Crippen molar-refractivity contribution in [1.82, 2.24) is 10.6 Å². The minimum absolute atomic E-state index is 0.0942. The SMILES string of the molecule is O=C(NCCc1ccc(F)cc1)[C@H]1CCC[C@@H]1C(=O)NCCc1ccc(F)cc1. The number of hydrogen-bond donors (Lipinski definition) is 2. The summed E-state index contributed by atoms with van der Waals surface area (Å²) in [7, 11) is 0. The topological polar surface area (TPSA) is 58.2 Å². The van der Waals surface area contributed by atoms with E-state index in [1.54, 1.807) is 24.3 Å². The number of nitrogens with one attached hydrogen (secondary N) is 2. The van der Waals surface area contributed by atoms with Crippen LogP contribution in [0.5, 0.6) is 0 Å². The van der Waals surface area contributed by atoms with Crippen LogP contribution < -0.4 is 10.6 Å². The number of hydrogen-bond acceptors (Lipinski definition) is 2. The second-order valence-electron chi connectivity index (χ2n) is 7.48. The maximum absolute atomic E-state index is 12.9. The Morgan fingerprint density at radius 2 is 1.10 bits per heavy atom. The first-order chi connectivity index (χ1) is 14.0. The molecule has 0 radical (unpaired) electrons. The summed E-state index contributed by atoms with van der Waals surface area (Å²) in [4.78, 5) is 25.1. The second-order valence-corrected chi connectivity index (χ2v) is 7.48. The number of rotatable bonds is 8. The Morgan fingerprint density at radius 1 is 0.724 bits per heavy atom. The van der Waals surface area contributed by atoms with Crippen molar-refractivity contribution in [2.24, 2.45) is 11.8 Å². The molecule has 3 rings (SSSR count). The Balaban J connectivity index is 1.42. The molecule has 0 aliphatic heterocycles. The highest BCUT2D eigenvalue weighted by Crippen LogP contribution is 2.32. The molecule has 2 aromatic carbocycles. The molecule has 154 valence electrons. The molecule has 0 unspecified atom stereocenters. The number of halogens is 2. The van der Waals surface area contributed by atoms with Gasteiger partial charge in [0.15, 0.2) is 0 Å². The minimum Gasteiger partial charge on any atom is -0.356 e. The quantitative estimate of drug-likeness (QED) is 0.714. The number of carbonyl (C=O) groups is 2. The van der Waals surface area contributed by atoms with Gasteiger partial charge in [-0.2, -0.15) is 0 Å². The fourth-order valence-corrected chi connectivity index (χ4v) is 3.81. The summed E-state index contributed by atoms with van der Waals surface area (Å²) >= 11 is 0. The van der Waals surface area contributed by atoms with E-state index in [0.717, 1.165) is 17.5 Å². The predicted molar refractivity (Wildman–Crippen MR) is 107 cm³/mol. The Kier molecular flexibility index (Phi) is 7.33. The lowest BCUT2D eigenvalue weighted by Crippen LogP contribution is -2.40. The van der Waals surface area contributed by atoms with Gasteiger partial charge >= 0.3 is 0 Å². The van der Waals surface area contributed by atoms with Crippen LogP contribution in [0.25, 0.3) is 0 Å². The maximum atomic E-state index is 12.9. The zero-order chi connectivity index (χ0) is 20.6. The van der Waals surface area contributed by atoms with Gasteiger partial charge in [-0.3, -0.25) is 9.59 Å². The first-order valence-corrected chi connectivity index (χ1v) is 10.1. The lowest BCUT2D eigenvalue weighted by Gasteiger charge is -2.19. The highest BCUT2D eigenvalue weighted by Gasteiger charge is 2.37. The van der Waals surface area contributed by atoms with Crippen molar-refractivity contribution in [1.29, 1.82) is 0 Å². The number of carbonyl (C=O) groups excluding carboxylic acids is 2. The number of benzene rings is 2. The smallest absolute Gasteiger partial charge is 0.223 e. The molecule has 1 saturated carbocycles. The van der Waals surface area contributed by atoms with Gasteiger partial charge in [-0.15, -0.1) is 0 Å². The summed E-state index contributed by atoms with van der Waals surface area (Å²) in [6.07, 6.45) is 3.50. The largest absolute Gasteiger partial charge is 0.356 e. The van der Waals surface area contributed by atoms with Gasteiger partial charge in [0.1, 0.15) is 11.6 Å². The van der Waals surface area contributed by atoms with Gasteiger partial charge in [-0.05, 0) is 61.1 Å². The Morgan fingerprint density at radius 3 is 1.48 bits per heavy atom. The monoisotopic (exact) mass is 400 g/mol. The van der Waals surface area contributed by atoms with E-state index in [-0.39, 0.29) is 35.3 Å². The molecule has 2 atom stereocenters. The van der Waals surface area contributed by atoms with Crippen molar-refractivity contribution < 1.29 is 18.4 Å². The Hall–Kier alpha value is -2.76. The van der Waals surface area contributed by atoms with Gasteiger partial charge in [0, 0.05) is 24.9 Å². The summed E-state index contributed by atoms with van der Waals surface area (Å²) in [5.41, 5.74) is 1.90. The van der Waals surface area contributed by atoms with E-state index in [1.807, 2.05) is 0 Å². The normalized spacial score (nSPS) is 18.4. The van der Waals surface area contributed by atoms with Crippen molar-refractivity contribution in [3.8, 4) is 0 Å². The van der Waals surface area contributed by atoms with E-state index in [9.17, 15) is 18.4 Å². The van der Waals surface area contributed by atoms with E-state index in [0.29, 0.717) is 38.8 Å². The average Bonchev–Trinajstić information content (AvgIpc) is 3.21. The lowest BCUT2D eigenvalue weighted by molar-refractivity contribution is -0.133. The Bertz CT molecular complexity index is 752. The van der Waals surface area contributed by atoms with Gasteiger partial charge in [0.05, 0.1) is 0 Å². The first kappa shape index (κ1) is 21.0. The predicted octanol–water partition coefficient (Wildman–Crippen LogP) is 3.40. The molecular formula is C23H26F2N2O2. The van der Waals surface area contributed by atoms with Gasteiger partial charge in [-0.1, -0.05) is 30.7 Å². The molecule has 2 aromatic rings. The molecule has 2 N–H and O–H groups in total. The molecule has 1 fully saturated rings. The summed E-state index contributed by atoms with van der Waals surface area (Å²) in [6, 6.07) is 12.4. The highest BCUT2D eigenvalue weighted by molar-refractivity contribution is 5.88. The molecule has 29 heavy (non-hydrogen) atoms. The third-order valence-corrected chi connectivity index (χ3v) is 5.44. The van der Waals surface area contributed by atoms with Crippen LogP contribution in [0.3, 0.4) is 0 Å². The molecule has 0 saturated heterocycles. The van der Waals surface area contributed by atoms with Gasteiger partial charge < -0.3 is 10.6 Å². The summed E-state index contributed by atoms with van der Waals surface area (Å²) in [5.74, 6) is -1.37. The van der Waals surface area contributed by atoms with Crippen molar-refractivity contribution in [3.63, 3.8) is 0 Å². The van der Waals surface area contributed by atoms with E-state index in [2.05, 4.69) is 10.6 Å². The zero-order valence-electron chi connectivity index (χ0n) is 16.3. The lowest BCUT2D eigenvalue weighted by atomic mass is 9.94. The molecule has 1 aliphatic carbocycles. The van der Waals surface area contributed by atoms with E-state index in [1.165, 1.54) is 24.3 Å². The fraction of sp³-hybridized carbons (Fsp3) is 0.391. The van der Waals surface area contributed by atoms with Gasteiger partial charge in [-0.25, -0.2) is 8.78 Å². The molecule has 0 spiro atoms. The summed E-state index contributed by atoms with van der Waals surface area (Å²) in [6.45, 7) is 0.916. The average molecular weight is 400 g/mol. The maximum Gasteiger partial charge on any atom is 0.223 e. The van der Waals surface area contributed by atoms with Gasteiger partial charge in [0.25, 0.3) is 0 Å². The molecule has 2 amide bonds. The molecular weight excluding hydrogens is 374 g/mol. The van der Waals surface area contributed by atoms with Crippen molar-refractivity contribution in [2.45, 2.75) is 32.1 Å². The molecule has 1 aliphatic rings. The first-order valence-electron chi connectivity index (χ1n) is 10.1. The van der Waals surface area contributed by atoms with Crippen molar-refractivity contribution in [3.05, 3.63) is 71.3 Å². The van der Waals surface area contributed by atoms with Crippen molar-refractivity contribution >= 4 is 11.8 Å². The van der Waals surface area contributed by atoms with Crippen molar-refractivity contribution in [2.75, 3.05) is 13.1 Å². The van der Waals surface area contributed by atoms with Crippen LogP contribution in [0.1, 0.15) is 30.4 Å². The molecule has 0 aromatic heterocycles. The summed E-state index contributed by atoms with van der Waals surface area (Å²) in [5, 5.41) is 5.82. The zero-order valence-corrected chi connectivity index (χ0v) is 16.3. The highest BCUT2D eigenvalue weighted by atomic mass is 19.1. The molecule has 4 nitrogen and oxygen atoms in total. The molecule has 6 heteroatoms. The van der Waals surface area contributed by atoms with Crippen LogP contribution in [0, 0.1) is 23.5 Å². The van der Waals surface area contributed by atoms with Crippen LogP contribution in [0.4, 0.5) is 8.78 Å². The van der Waals surface area contributed by atoms with Crippen LogP contribution in [0.15, 0.2) is 48.5 Å². The van der Waals surface area contributed by atoms with Crippen LogP contribution >= 0.6 is 0 Å². The third-order valence-electron chi connectivity index (χ3n) is 5.44. The number of amides is 2. The third kappa shape index (κ3) is 6.11. The standard InChI is InChI=1S/C23H26F2N2O2/c24-18-8-4-16(5-9-18)12-14-26-22(28)20-2-1-3-21(20)23(29)27-15-13-17-6-10-19(25)11-7-17/h4-11,20-21H,1-3,12-15H2,(H,26,28)(H,27,29)/t20-,21-/m0/s1. The molecule has 0 bridgehead atoms. The van der Waals surface area contributed by atoms with E-state index in [4.69, 9.17) is 0 Å². The Labute approximate surface area is 169 Å². The van der Waals surface area contributed by atoms with Gasteiger partial charge in [0.2, 0.25) is 11.8 Å². The van der Waals surface area contributed by atoms with Crippen LogP contribution in [0.2, 0.25) is 0 Å². The summed E-state index contributed by atoms with van der Waals surface area (Å²) < 4.78 is 25.9.